The number of thiol groups is 1. The molecule has 2 aliphatic rings. The lowest BCUT2D eigenvalue weighted by molar-refractivity contribution is -0.144. The van der Waals surface area contributed by atoms with Gasteiger partial charge in [0.2, 0.25) is 17.7 Å². The van der Waals surface area contributed by atoms with E-state index < -0.39 is 17.9 Å². The Morgan fingerprint density at radius 1 is 1.18 bits per heavy atom. The minimum atomic E-state index is -1.18. The Morgan fingerprint density at radius 2 is 1.88 bits per heavy atom. The summed E-state index contributed by atoms with van der Waals surface area (Å²) in [6, 6.07) is 2.25. The van der Waals surface area contributed by atoms with Crippen LogP contribution in [-0.2, 0) is 19.2 Å². The molecule has 0 radical (unpaired) electrons. The highest BCUT2D eigenvalue weighted by molar-refractivity contribution is 7.80. The van der Waals surface area contributed by atoms with E-state index >= 15 is 0 Å². The van der Waals surface area contributed by atoms with Crippen LogP contribution in [0.25, 0.3) is 6.08 Å². The second-order valence-electron chi connectivity index (χ2n) is 8.08. The number of carboxylic acid groups (broad SMARTS) is 1. The molecule has 2 saturated heterocycles. The van der Waals surface area contributed by atoms with Crippen molar-refractivity contribution in [3.63, 3.8) is 0 Å². The van der Waals surface area contributed by atoms with Crippen molar-refractivity contribution in [2.24, 2.45) is 5.92 Å². The number of hydrogen-bond donors (Lipinski definition) is 3. The summed E-state index contributed by atoms with van der Waals surface area (Å²) < 4.78 is 0. The highest BCUT2D eigenvalue weighted by Gasteiger charge is 2.32. The first kappa shape index (κ1) is 25.4. The molecular formula is C22H25Cl2N3O5S. The Hall–Kier alpha value is -2.23. The lowest BCUT2D eigenvalue weighted by Crippen LogP contribution is -2.51. The van der Waals surface area contributed by atoms with E-state index in [1.807, 2.05) is 0 Å². The van der Waals surface area contributed by atoms with Crippen LogP contribution in [0.1, 0.15) is 31.2 Å². The van der Waals surface area contributed by atoms with Crippen LogP contribution in [0.15, 0.2) is 23.1 Å². The lowest BCUT2D eigenvalue weighted by Gasteiger charge is -2.31. The molecule has 0 aromatic heterocycles. The number of carbonyl (C=O) groups is 4. The molecule has 2 aliphatic heterocycles. The second-order valence-corrected chi connectivity index (χ2v) is 9.32. The number of aliphatic carboxylic acids is 1. The maximum atomic E-state index is 12.6. The van der Waals surface area contributed by atoms with E-state index in [4.69, 9.17) is 23.2 Å². The van der Waals surface area contributed by atoms with Crippen LogP contribution < -0.4 is 5.32 Å². The first-order valence-electron chi connectivity index (χ1n) is 10.6. The van der Waals surface area contributed by atoms with Gasteiger partial charge >= 0.3 is 5.97 Å². The molecule has 0 bridgehead atoms. The topological polar surface area (TPSA) is 107 Å². The molecule has 2 heterocycles. The Morgan fingerprint density at radius 3 is 2.48 bits per heavy atom. The third kappa shape index (κ3) is 6.43. The quantitative estimate of drug-likeness (QED) is 0.383. The molecule has 2 fully saturated rings. The Balaban J connectivity index is 1.51. The van der Waals surface area contributed by atoms with E-state index in [1.165, 1.54) is 11.0 Å². The van der Waals surface area contributed by atoms with E-state index in [2.05, 4.69) is 17.9 Å². The lowest BCUT2D eigenvalue weighted by atomic mass is 9.95. The molecule has 1 aromatic carbocycles. The number of nitrogens with one attached hydrogen (secondary N) is 1. The summed E-state index contributed by atoms with van der Waals surface area (Å²) in [6.07, 6.45) is 4.92. The minimum absolute atomic E-state index is 0.0389. The largest absolute Gasteiger partial charge is 0.480 e. The van der Waals surface area contributed by atoms with Gasteiger partial charge in [0.1, 0.15) is 6.04 Å². The van der Waals surface area contributed by atoms with Crippen molar-refractivity contribution in [2.45, 2.75) is 36.6 Å². The third-order valence-corrected chi connectivity index (χ3v) is 7.26. The number of halogens is 2. The zero-order valence-corrected chi connectivity index (χ0v) is 20.2. The average molecular weight is 514 g/mol. The van der Waals surface area contributed by atoms with Crippen molar-refractivity contribution in [1.29, 1.82) is 0 Å². The van der Waals surface area contributed by atoms with Crippen molar-refractivity contribution in [1.82, 2.24) is 15.1 Å². The molecule has 178 valence electrons. The highest BCUT2D eigenvalue weighted by atomic mass is 35.5. The van der Waals surface area contributed by atoms with Gasteiger partial charge in [-0.3, -0.25) is 14.4 Å². The van der Waals surface area contributed by atoms with Crippen molar-refractivity contribution >= 4 is 65.6 Å². The minimum Gasteiger partial charge on any atom is -0.480 e. The number of piperidine rings is 1. The van der Waals surface area contributed by atoms with Crippen LogP contribution >= 0.6 is 35.8 Å². The number of hydrogen-bond acceptors (Lipinski definition) is 5. The average Bonchev–Trinajstić information content (AvgIpc) is 3.20. The van der Waals surface area contributed by atoms with Crippen LogP contribution in [-0.4, -0.2) is 70.8 Å². The van der Waals surface area contributed by atoms with Crippen molar-refractivity contribution in [2.75, 3.05) is 26.2 Å². The number of benzene rings is 1. The summed E-state index contributed by atoms with van der Waals surface area (Å²) in [5, 5.41) is 12.6. The molecule has 8 nitrogen and oxygen atoms in total. The molecular weight excluding hydrogens is 489 g/mol. The van der Waals surface area contributed by atoms with Crippen LogP contribution in [0.3, 0.4) is 0 Å². The fourth-order valence-corrected chi connectivity index (χ4v) is 4.56. The van der Waals surface area contributed by atoms with Gasteiger partial charge in [0.15, 0.2) is 0 Å². The first-order valence-corrected chi connectivity index (χ1v) is 11.8. The summed E-state index contributed by atoms with van der Waals surface area (Å²) in [5.74, 6) is -2.26. The first-order chi connectivity index (χ1) is 15.7. The van der Waals surface area contributed by atoms with Gasteiger partial charge in [0.05, 0.1) is 16.6 Å². The van der Waals surface area contributed by atoms with Gasteiger partial charge in [0.25, 0.3) is 0 Å². The summed E-state index contributed by atoms with van der Waals surface area (Å²) in [7, 11) is 0. The van der Waals surface area contributed by atoms with E-state index in [0.29, 0.717) is 65.8 Å². The SMILES string of the molecule is O=C(N[C@@H](CN1CCCC1=O)C(=O)O)C1CCN(C(=O)/C=C/c2ccc(S)c(Cl)c2Cl)CC1. The van der Waals surface area contributed by atoms with Crippen molar-refractivity contribution in [3.05, 3.63) is 33.8 Å². The highest BCUT2D eigenvalue weighted by Crippen LogP contribution is 2.32. The van der Waals surface area contributed by atoms with Crippen LogP contribution in [0, 0.1) is 5.92 Å². The van der Waals surface area contributed by atoms with Gasteiger partial charge in [-0.25, -0.2) is 4.79 Å². The maximum absolute atomic E-state index is 12.6. The Kier molecular flexibility index (Phi) is 8.67. The van der Waals surface area contributed by atoms with Gasteiger partial charge in [-0.15, -0.1) is 12.6 Å². The molecule has 1 aromatic rings. The van der Waals surface area contributed by atoms with E-state index in [-0.39, 0.29) is 24.3 Å². The van der Waals surface area contributed by atoms with E-state index in [9.17, 15) is 24.3 Å². The molecule has 11 heteroatoms. The molecule has 2 N–H and O–H groups in total. The third-order valence-electron chi connectivity index (χ3n) is 5.86. The summed E-state index contributed by atoms with van der Waals surface area (Å²) in [6.45, 7) is 1.20. The number of carbonyl (C=O) groups excluding carboxylic acids is 3. The Labute approximate surface area is 207 Å². The van der Waals surface area contributed by atoms with Gasteiger partial charge in [-0.2, -0.15) is 0 Å². The summed E-state index contributed by atoms with van der Waals surface area (Å²) >= 11 is 16.5. The van der Waals surface area contributed by atoms with Gasteiger partial charge in [-0.1, -0.05) is 29.3 Å². The van der Waals surface area contributed by atoms with E-state index in [1.54, 1.807) is 23.1 Å². The van der Waals surface area contributed by atoms with Crippen molar-refractivity contribution < 1.29 is 24.3 Å². The van der Waals surface area contributed by atoms with Gasteiger partial charge < -0.3 is 20.2 Å². The summed E-state index contributed by atoms with van der Waals surface area (Å²) in [4.78, 5) is 52.1. The van der Waals surface area contributed by atoms with Crippen LogP contribution in [0.2, 0.25) is 10.0 Å². The molecule has 0 saturated carbocycles. The second kappa shape index (κ2) is 11.3. The zero-order valence-electron chi connectivity index (χ0n) is 17.8. The fourth-order valence-electron chi connectivity index (χ4n) is 3.90. The predicted octanol–water partition coefficient (Wildman–Crippen LogP) is 2.73. The standard InChI is InChI=1S/C22H25Cl2N3O5S/c23-19-13(3-5-16(33)20(19)24)4-6-18(29)26-10-7-14(8-11-26)21(30)25-15(22(31)32)12-27-9-1-2-17(27)28/h3-6,14-15,33H,1-2,7-12H2,(H,25,30)(H,31,32)/b6-4+/t15-/m0/s1. The number of nitrogens with zero attached hydrogens (tertiary/aromatic N) is 2. The molecule has 3 rings (SSSR count). The smallest absolute Gasteiger partial charge is 0.328 e. The molecule has 1 atom stereocenters. The zero-order chi connectivity index (χ0) is 24.1. The van der Waals surface area contributed by atoms with Crippen LogP contribution in [0.4, 0.5) is 0 Å². The van der Waals surface area contributed by atoms with Crippen molar-refractivity contribution in [3.8, 4) is 0 Å². The fraction of sp³-hybridized carbons (Fsp3) is 0.455. The van der Waals surface area contributed by atoms with Gasteiger partial charge in [-0.05, 0) is 37.0 Å². The number of rotatable bonds is 7. The molecule has 0 spiro atoms. The number of amides is 3. The monoisotopic (exact) mass is 513 g/mol. The number of likely N-dealkylation sites (tertiary alicyclic amines) is 2. The molecule has 3 amide bonds. The van der Waals surface area contributed by atoms with E-state index in [0.717, 1.165) is 0 Å². The normalized spacial score (nSPS) is 18.1. The molecule has 0 aliphatic carbocycles. The summed E-state index contributed by atoms with van der Waals surface area (Å²) in [5.41, 5.74) is 0.596. The molecule has 0 unspecified atom stereocenters. The van der Waals surface area contributed by atoms with Gasteiger partial charge in [0, 0.05) is 42.9 Å². The Bertz CT molecular complexity index is 979. The maximum Gasteiger partial charge on any atom is 0.328 e. The number of carboxylic acids is 1. The van der Waals surface area contributed by atoms with Crippen LogP contribution in [0.5, 0.6) is 0 Å². The predicted molar refractivity (Wildman–Crippen MR) is 127 cm³/mol. The molecule has 33 heavy (non-hydrogen) atoms.